The first-order chi connectivity index (χ1) is 8.58. The molecular weight excluding hydrogens is 228 g/mol. The first-order valence-corrected chi connectivity index (χ1v) is 5.94. The Morgan fingerprint density at radius 2 is 2.06 bits per heavy atom. The third-order valence-corrected chi connectivity index (χ3v) is 3.08. The predicted molar refractivity (Wildman–Crippen MR) is 71.2 cm³/mol. The summed E-state index contributed by atoms with van der Waals surface area (Å²) < 4.78 is 6.96. The summed E-state index contributed by atoms with van der Waals surface area (Å²) in [6.45, 7) is 6.18. The lowest BCUT2D eigenvalue weighted by molar-refractivity contribution is 0.399. The first kappa shape index (κ1) is 12.4. The molecule has 0 spiro atoms. The van der Waals surface area contributed by atoms with Crippen molar-refractivity contribution in [3.05, 3.63) is 29.1 Å². The van der Waals surface area contributed by atoms with E-state index < -0.39 is 0 Å². The van der Waals surface area contributed by atoms with Crippen LogP contribution in [0.4, 0.5) is 5.69 Å². The summed E-state index contributed by atoms with van der Waals surface area (Å²) in [4.78, 5) is 4.36. The van der Waals surface area contributed by atoms with Gasteiger partial charge in [-0.05, 0) is 38.0 Å². The molecule has 0 aliphatic rings. The third kappa shape index (κ3) is 1.92. The number of hydrogen-bond donors (Lipinski definition) is 1. The lowest BCUT2D eigenvalue weighted by Crippen LogP contribution is -2.05. The Labute approximate surface area is 107 Å². The minimum absolute atomic E-state index is 0.429. The van der Waals surface area contributed by atoms with Crippen LogP contribution in [0, 0.1) is 13.8 Å². The molecule has 0 amide bonds. The van der Waals surface area contributed by atoms with E-state index in [9.17, 15) is 0 Å². The maximum Gasteiger partial charge on any atom is 0.238 e. The number of nitrogen functional groups attached to an aromatic ring is 1. The number of nitrogens with two attached hydrogens (primary N) is 1. The third-order valence-electron chi connectivity index (χ3n) is 3.08. The second-order valence-corrected chi connectivity index (χ2v) is 4.18. The van der Waals surface area contributed by atoms with Gasteiger partial charge in [-0.15, -0.1) is 0 Å². The van der Waals surface area contributed by atoms with Crippen molar-refractivity contribution >= 4 is 5.69 Å². The van der Waals surface area contributed by atoms with Crippen LogP contribution in [0.1, 0.15) is 23.9 Å². The molecule has 0 bridgehead atoms. The van der Waals surface area contributed by atoms with Crippen molar-refractivity contribution in [2.45, 2.75) is 27.2 Å². The molecule has 0 fully saturated rings. The lowest BCUT2D eigenvalue weighted by Gasteiger charge is -2.07. The van der Waals surface area contributed by atoms with Gasteiger partial charge in [-0.25, -0.2) is 4.68 Å². The number of pyridine rings is 1. The fourth-order valence-corrected chi connectivity index (χ4v) is 2.13. The summed E-state index contributed by atoms with van der Waals surface area (Å²) in [6, 6.07) is 3.62. The molecule has 18 heavy (non-hydrogen) atoms. The Morgan fingerprint density at radius 3 is 2.61 bits per heavy atom. The molecule has 5 heteroatoms. The van der Waals surface area contributed by atoms with E-state index in [2.05, 4.69) is 17.0 Å². The van der Waals surface area contributed by atoms with Crippen LogP contribution in [-0.2, 0) is 6.42 Å². The Morgan fingerprint density at radius 1 is 1.33 bits per heavy atom. The molecule has 0 unspecified atom stereocenters. The van der Waals surface area contributed by atoms with Crippen LogP contribution in [-0.4, -0.2) is 21.9 Å². The molecule has 96 valence electrons. The number of rotatable bonds is 3. The van der Waals surface area contributed by atoms with Gasteiger partial charge in [-0.2, -0.15) is 10.1 Å². The van der Waals surface area contributed by atoms with Crippen molar-refractivity contribution in [1.29, 1.82) is 0 Å². The van der Waals surface area contributed by atoms with Crippen molar-refractivity contribution in [1.82, 2.24) is 14.8 Å². The highest BCUT2D eigenvalue weighted by Crippen LogP contribution is 2.22. The molecule has 0 aromatic carbocycles. The number of hydrogen-bond acceptors (Lipinski definition) is 4. The molecule has 0 aliphatic carbocycles. The first-order valence-electron chi connectivity index (χ1n) is 5.94. The highest BCUT2D eigenvalue weighted by Gasteiger charge is 2.13. The number of methoxy groups -OCH3 is 1. The summed E-state index contributed by atoms with van der Waals surface area (Å²) in [5.41, 5.74) is 9.68. The topological polar surface area (TPSA) is 66.0 Å². The highest BCUT2D eigenvalue weighted by molar-refractivity contribution is 5.51. The van der Waals surface area contributed by atoms with Gasteiger partial charge in [-0.3, -0.25) is 0 Å². The molecule has 0 atom stereocenters. The van der Waals surface area contributed by atoms with Crippen LogP contribution >= 0.6 is 0 Å². The van der Waals surface area contributed by atoms with Crippen molar-refractivity contribution in [2.75, 3.05) is 12.8 Å². The molecule has 0 saturated carbocycles. The molecule has 5 nitrogen and oxygen atoms in total. The van der Waals surface area contributed by atoms with E-state index in [0.717, 1.165) is 23.6 Å². The van der Waals surface area contributed by atoms with Crippen molar-refractivity contribution in [3.63, 3.8) is 0 Å². The fourth-order valence-electron chi connectivity index (χ4n) is 2.13. The van der Waals surface area contributed by atoms with Gasteiger partial charge in [0.1, 0.15) is 0 Å². The van der Waals surface area contributed by atoms with Gasteiger partial charge < -0.3 is 10.5 Å². The van der Waals surface area contributed by atoms with E-state index >= 15 is 0 Å². The molecule has 2 rings (SSSR count). The van der Waals surface area contributed by atoms with Crippen LogP contribution in [0.5, 0.6) is 5.88 Å². The van der Waals surface area contributed by atoms with Crippen molar-refractivity contribution in [2.24, 2.45) is 0 Å². The van der Waals surface area contributed by atoms with Crippen LogP contribution in [0.25, 0.3) is 5.82 Å². The van der Waals surface area contributed by atoms with Gasteiger partial charge in [-0.1, -0.05) is 6.92 Å². The second-order valence-electron chi connectivity index (χ2n) is 4.18. The number of ether oxygens (including phenoxy) is 1. The smallest absolute Gasteiger partial charge is 0.238 e. The maximum atomic E-state index is 5.76. The average molecular weight is 246 g/mol. The second kappa shape index (κ2) is 4.68. The van der Waals surface area contributed by atoms with E-state index in [4.69, 9.17) is 10.5 Å². The van der Waals surface area contributed by atoms with Gasteiger partial charge in [0.2, 0.25) is 5.88 Å². The molecule has 2 N–H and O–H groups in total. The van der Waals surface area contributed by atoms with Gasteiger partial charge in [0, 0.05) is 5.69 Å². The largest absolute Gasteiger partial charge is 0.479 e. The SMILES string of the molecule is CCc1c(C)nn(-c2ccc(N)c(OC)n2)c1C. The predicted octanol–water partition coefficient (Wildman–Crippen LogP) is 2.04. The molecular formula is C13H18N4O. The van der Waals surface area contributed by atoms with E-state index in [1.54, 1.807) is 13.2 Å². The molecule has 2 aromatic heterocycles. The Bertz CT molecular complexity index is 575. The minimum atomic E-state index is 0.429. The van der Waals surface area contributed by atoms with Crippen molar-refractivity contribution < 1.29 is 4.74 Å². The maximum absolute atomic E-state index is 5.76. The summed E-state index contributed by atoms with van der Waals surface area (Å²) in [5.74, 6) is 1.15. The van der Waals surface area contributed by atoms with Gasteiger partial charge in [0.25, 0.3) is 0 Å². The quantitative estimate of drug-likeness (QED) is 0.900. The normalized spacial score (nSPS) is 10.7. The zero-order valence-electron chi connectivity index (χ0n) is 11.2. The number of aryl methyl sites for hydroxylation is 1. The van der Waals surface area contributed by atoms with Crippen LogP contribution in [0.2, 0.25) is 0 Å². The minimum Gasteiger partial charge on any atom is -0.479 e. The zero-order chi connectivity index (χ0) is 13.3. The van der Waals surface area contributed by atoms with Gasteiger partial charge in [0.05, 0.1) is 18.5 Å². The average Bonchev–Trinajstić information content (AvgIpc) is 2.65. The van der Waals surface area contributed by atoms with E-state index in [0.29, 0.717) is 11.6 Å². The number of anilines is 1. The molecule has 0 aliphatic heterocycles. The van der Waals surface area contributed by atoms with E-state index in [1.165, 1.54) is 5.56 Å². The Kier molecular flexibility index (Phi) is 3.23. The fraction of sp³-hybridized carbons (Fsp3) is 0.385. The zero-order valence-corrected chi connectivity index (χ0v) is 11.2. The standard InChI is InChI=1S/C13H18N4O/c1-5-10-8(2)16-17(9(10)3)12-7-6-11(14)13(15-12)18-4/h6-7H,5,14H2,1-4H3. The van der Waals surface area contributed by atoms with E-state index in [-0.39, 0.29) is 0 Å². The number of nitrogens with zero attached hydrogens (tertiary/aromatic N) is 3. The monoisotopic (exact) mass is 246 g/mol. The van der Waals surface area contributed by atoms with Crippen molar-refractivity contribution in [3.8, 4) is 11.7 Å². The summed E-state index contributed by atoms with van der Waals surface area (Å²) in [6.07, 6.45) is 0.962. The van der Waals surface area contributed by atoms with Crippen LogP contribution < -0.4 is 10.5 Å². The van der Waals surface area contributed by atoms with Crippen LogP contribution in [0.15, 0.2) is 12.1 Å². The Hall–Kier alpha value is -2.04. The molecule has 2 heterocycles. The molecule has 2 aromatic rings. The molecule has 0 saturated heterocycles. The number of aromatic nitrogens is 3. The van der Waals surface area contributed by atoms with Gasteiger partial charge >= 0.3 is 0 Å². The Balaban J connectivity index is 2.55. The van der Waals surface area contributed by atoms with Crippen LogP contribution in [0.3, 0.4) is 0 Å². The lowest BCUT2D eigenvalue weighted by atomic mass is 10.1. The summed E-state index contributed by atoms with van der Waals surface area (Å²) in [7, 11) is 1.56. The molecule has 0 radical (unpaired) electrons. The van der Waals surface area contributed by atoms with E-state index in [1.807, 2.05) is 24.6 Å². The summed E-state index contributed by atoms with van der Waals surface area (Å²) >= 11 is 0. The van der Waals surface area contributed by atoms with Gasteiger partial charge in [0.15, 0.2) is 5.82 Å². The highest BCUT2D eigenvalue weighted by atomic mass is 16.5. The summed E-state index contributed by atoms with van der Waals surface area (Å²) in [5, 5.41) is 4.51.